The summed E-state index contributed by atoms with van der Waals surface area (Å²) < 4.78 is 61.7. The molecule has 0 fully saturated rings. The van der Waals surface area contributed by atoms with Crippen molar-refractivity contribution >= 4 is 31.6 Å². The molecule has 0 amide bonds. The third-order valence-electron chi connectivity index (χ3n) is 4.51. The first kappa shape index (κ1) is 20.9. The minimum atomic E-state index is -3.92. The number of sulfonamides is 2. The van der Waals surface area contributed by atoms with Crippen LogP contribution in [0.25, 0.3) is 0 Å². The van der Waals surface area contributed by atoms with Crippen molar-refractivity contribution in [3.05, 3.63) is 46.9 Å². The second-order valence-electron chi connectivity index (χ2n) is 6.58. The van der Waals surface area contributed by atoms with Gasteiger partial charge in [-0.2, -0.15) is 5.10 Å². The Kier molecular flexibility index (Phi) is 5.17. The van der Waals surface area contributed by atoms with Gasteiger partial charge in [0.25, 0.3) is 20.0 Å². The van der Waals surface area contributed by atoms with Gasteiger partial charge in [0.05, 0.1) is 22.0 Å². The predicted molar refractivity (Wildman–Crippen MR) is 107 cm³/mol. The fraction of sp³-hybridized carbons (Fsp3) is 0.294. The monoisotopic (exact) mass is 439 g/mol. The fourth-order valence-corrected chi connectivity index (χ4v) is 5.29. The summed E-state index contributed by atoms with van der Waals surface area (Å²) in [5.41, 5.74) is 2.25. The Morgan fingerprint density at radius 2 is 1.52 bits per heavy atom. The zero-order valence-corrected chi connectivity index (χ0v) is 18.1. The zero-order valence-electron chi connectivity index (χ0n) is 16.5. The maximum absolute atomic E-state index is 12.7. The molecule has 0 saturated carbocycles. The Labute approximate surface area is 169 Å². The molecule has 2 heterocycles. The van der Waals surface area contributed by atoms with Gasteiger partial charge < -0.3 is 4.52 Å². The predicted octanol–water partition coefficient (Wildman–Crippen LogP) is 2.24. The van der Waals surface area contributed by atoms with E-state index in [1.54, 1.807) is 34.7 Å². The number of benzene rings is 1. The van der Waals surface area contributed by atoms with E-state index >= 15 is 0 Å². The normalized spacial score (nSPS) is 12.2. The van der Waals surface area contributed by atoms with Crippen molar-refractivity contribution in [3.8, 4) is 0 Å². The minimum Gasteiger partial charge on any atom is -0.337 e. The summed E-state index contributed by atoms with van der Waals surface area (Å²) in [7, 11) is -6.14. The van der Waals surface area contributed by atoms with Gasteiger partial charge in [0.15, 0.2) is 0 Å². The first-order valence-electron chi connectivity index (χ1n) is 8.51. The van der Waals surface area contributed by atoms with Gasteiger partial charge in [0.2, 0.25) is 5.88 Å². The Morgan fingerprint density at radius 1 is 0.897 bits per heavy atom. The Bertz CT molecular complexity index is 1270. The molecule has 156 valence electrons. The molecule has 0 aliphatic rings. The van der Waals surface area contributed by atoms with Crippen LogP contribution in [0.1, 0.15) is 22.6 Å². The van der Waals surface area contributed by atoms with Crippen molar-refractivity contribution in [3.63, 3.8) is 0 Å². The highest BCUT2D eigenvalue weighted by molar-refractivity contribution is 7.93. The van der Waals surface area contributed by atoms with Crippen LogP contribution in [-0.4, -0.2) is 31.8 Å². The highest BCUT2D eigenvalue weighted by Gasteiger charge is 2.24. The standard InChI is InChI=1S/C17H21N5O5S2/c1-10-11(2)19-27-17(10)21-28(23,24)15-8-6-14(7-9-15)20-29(25,26)16-12(3)18-22(5)13(16)4/h6-9,20-21H,1-5H3. The third-order valence-corrected chi connectivity index (χ3v) is 7.49. The van der Waals surface area contributed by atoms with E-state index in [-0.39, 0.29) is 21.4 Å². The highest BCUT2D eigenvalue weighted by atomic mass is 32.2. The van der Waals surface area contributed by atoms with Gasteiger partial charge in [0.1, 0.15) is 4.90 Å². The summed E-state index contributed by atoms with van der Waals surface area (Å²) in [6.45, 7) is 6.65. The number of anilines is 2. The highest BCUT2D eigenvalue weighted by Crippen LogP contribution is 2.25. The largest absolute Gasteiger partial charge is 0.337 e. The van der Waals surface area contributed by atoms with E-state index in [1.165, 1.54) is 28.9 Å². The minimum absolute atomic E-state index is 0.0369. The number of rotatable bonds is 6. The van der Waals surface area contributed by atoms with Gasteiger partial charge in [0, 0.05) is 18.3 Å². The van der Waals surface area contributed by atoms with Gasteiger partial charge in [-0.3, -0.25) is 9.40 Å². The van der Waals surface area contributed by atoms with Gasteiger partial charge in [-0.1, -0.05) is 5.16 Å². The van der Waals surface area contributed by atoms with Gasteiger partial charge in [-0.25, -0.2) is 21.6 Å². The van der Waals surface area contributed by atoms with Crippen LogP contribution < -0.4 is 9.44 Å². The van der Waals surface area contributed by atoms with Gasteiger partial charge in [-0.15, -0.1) is 0 Å². The fourth-order valence-electron chi connectivity index (χ4n) is 2.74. The number of aromatic nitrogens is 3. The second-order valence-corrected chi connectivity index (χ2v) is 9.88. The van der Waals surface area contributed by atoms with E-state index in [0.29, 0.717) is 22.6 Å². The summed E-state index contributed by atoms with van der Waals surface area (Å²) in [5, 5.41) is 7.82. The number of nitrogens with zero attached hydrogens (tertiary/aromatic N) is 3. The van der Waals surface area contributed by atoms with E-state index in [0.717, 1.165) is 0 Å². The van der Waals surface area contributed by atoms with E-state index in [2.05, 4.69) is 19.7 Å². The molecule has 2 aromatic heterocycles. The SMILES string of the molecule is Cc1noc(NS(=O)(=O)c2ccc(NS(=O)(=O)c3c(C)nn(C)c3C)cc2)c1C. The van der Waals surface area contributed by atoms with Crippen LogP contribution in [0.2, 0.25) is 0 Å². The summed E-state index contributed by atoms with van der Waals surface area (Å²) in [4.78, 5) is 0.0390. The summed E-state index contributed by atoms with van der Waals surface area (Å²) in [5.74, 6) is 0.0369. The number of hydrogen-bond donors (Lipinski definition) is 2. The van der Waals surface area contributed by atoms with Crippen LogP contribution in [0.4, 0.5) is 11.6 Å². The third kappa shape index (κ3) is 3.98. The molecule has 3 rings (SSSR count). The molecule has 1 aromatic carbocycles. The molecule has 12 heteroatoms. The summed E-state index contributed by atoms with van der Waals surface area (Å²) in [6, 6.07) is 5.32. The zero-order chi connectivity index (χ0) is 21.6. The molecule has 29 heavy (non-hydrogen) atoms. The Morgan fingerprint density at radius 3 is 2.00 bits per heavy atom. The lowest BCUT2D eigenvalue weighted by Crippen LogP contribution is -2.16. The van der Waals surface area contributed by atoms with Crippen LogP contribution in [0.3, 0.4) is 0 Å². The average Bonchev–Trinajstić information content (AvgIpc) is 3.07. The Hall–Kier alpha value is -2.86. The van der Waals surface area contributed by atoms with Crippen molar-refractivity contribution < 1.29 is 21.4 Å². The molecule has 0 unspecified atom stereocenters. The van der Waals surface area contributed by atoms with E-state index in [4.69, 9.17) is 4.52 Å². The van der Waals surface area contributed by atoms with Crippen LogP contribution in [-0.2, 0) is 27.1 Å². The molecule has 0 aliphatic heterocycles. The summed E-state index contributed by atoms with van der Waals surface area (Å²) >= 11 is 0. The molecule has 0 saturated heterocycles. The number of hydrogen-bond acceptors (Lipinski definition) is 7. The van der Waals surface area contributed by atoms with Crippen LogP contribution >= 0.6 is 0 Å². The second kappa shape index (κ2) is 7.19. The first-order valence-corrected chi connectivity index (χ1v) is 11.5. The lowest BCUT2D eigenvalue weighted by Gasteiger charge is -2.10. The molecule has 0 atom stereocenters. The maximum atomic E-state index is 12.7. The van der Waals surface area contributed by atoms with Gasteiger partial charge >= 0.3 is 0 Å². The quantitative estimate of drug-likeness (QED) is 0.601. The first-order chi connectivity index (χ1) is 13.4. The van der Waals surface area contributed by atoms with Crippen LogP contribution in [0, 0.1) is 27.7 Å². The van der Waals surface area contributed by atoms with Crippen molar-refractivity contribution in [1.29, 1.82) is 0 Å². The van der Waals surface area contributed by atoms with E-state index in [9.17, 15) is 16.8 Å². The van der Waals surface area contributed by atoms with Crippen molar-refractivity contribution in [1.82, 2.24) is 14.9 Å². The lowest BCUT2D eigenvalue weighted by atomic mass is 10.3. The van der Waals surface area contributed by atoms with Crippen molar-refractivity contribution in [2.45, 2.75) is 37.5 Å². The lowest BCUT2D eigenvalue weighted by molar-refractivity contribution is 0.430. The molecular weight excluding hydrogens is 418 g/mol. The molecule has 0 bridgehead atoms. The molecule has 3 aromatic rings. The average molecular weight is 440 g/mol. The molecular formula is C17H21N5O5S2. The molecule has 0 radical (unpaired) electrons. The maximum Gasteiger partial charge on any atom is 0.265 e. The number of aryl methyl sites for hydroxylation is 3. The molecule has 10 nitrogen and oxygen atoms in total. The molecule has 0 aliphatic carbocycles. The van der Waals surface area contributed by atoms with E-state index < -0.39 is 20.0 Å². The molecule has 0 spiro atoms. The topological polar surface area (TPSA) is 136 Å². The van der Waals surface area contributed by atoms with Gasteiger partial charge in [-0.05, 0) is 52.0 Å². The van der Waals surface area contributed by atoms with Crippen molar-refractivity contribution in [2.24, 2.45) is 7.05 Å². The number of nitrogens with one attached hydrogen (secondary N) is 2. The van der Waals surface area contributed by atoms with Crippen LogP contribution in [0.5, 0.6) is 0 Å². The van der Waals surface area contributed by atoms with Crippen molar-refractivity contribution in [2.75, 3.05) is 9.44 Å². The Balaban J connectivity index is 1.84. The van der Waals surface area contributed by atoms with E-state index in [1.807, 2.05) is 0 Å². The smallest absolute Gasteiger partial charge is 0.265 e. The molecule has 2 N–H and O–H groups in total. The summed E-state index contributed by atoms with van der Waals surface area (Å²) in [6.07, 6.45) is 0. The van der Waals surface area contributed by atoms with Crippen LogP contribution in [0.15, 0.2) is 38.6 Å².